The van der Waals surface area contributed by atoms with Crippen LogP contribution in [0.25, 0.3) is 22.4 Å². The number of aromatic nitrogens is 5. The van der Waals surface area contributed by atoms with Gasteiger partial charge in [0, 0.05) is 23.7 Å². The van der Waals surface area contributed by atoms with Crippen LogP contribution in [0.3, 0.4) is 0 Å². The second-order valence-corrected chi connectivity index (χ2v) is 7.17. The predicted octanol–water partition coefficient (Wildman–Crippen LogP) is 3.62. The van der Waals surface area contributed by atoms with Crippen molar-refractivity contribution in [2.75, 3.05) is 5.73 Å². The van der Waals surface area contributed by atoms with Crippen molar-refractivity contribution in [1.82, 2.24) is 30.2 Å². The minimum atomic E-state index is -0.622. The smallest absolute Gasteiger partial charge is 0.322 e. The number of aryl methyl sites for hydroxylation is 1. The Morgan fingerprint density at radius 2 is 1.97 bits per heavy atom. The second-order valence-electron chi connectivity index (χ2n) is 7.17. The fourth-order valence-electron chi connectivity index (χ4n) is 3.13. The fourth-order valence-corrected chi connectivity index (χ4v) is 3.13. The summed E-state index contributed by atoms with van der Waals surface area (Å²) in [6.07, 6.45) is 5.65. The van der Waals surface area contributed by atoms with Crippen LogP contribution in [0.15, 0.2) is 67.8 Å². The zero-order valence-electron chi connectivity index (χ0n) is 18.2. The largest absolute Gasteiger partial charge is 0.421 e. The topological polar surface area (TPSA) is 129 Å². The van der Waals surface area contributed by atoms with Crippen molar-refractivity contribution < 1.29 is 13.9 Å². The van der Waals surface area contributed by atoms with E-state index in [1.807, 2.05) is 0 Å². The average molecular weight is 457 g/mol. The molecule has 3 aromatic heterocycles. The van der Waals surface area contributed by atoms with Gasteiger partial charge in [0.25, 0.3) is 0 Å². The van der Waals surface area contributed by atoms with E-state index >= 15 is 0 Å². The standard InChI is InChI=1S/C24H20FN7O2/c1-3-20(33)29-12-17-6-4-16(11-28-17)22-21(23(26)31-13-30-22)15-5-7-19(18(25)10-15)34-24-27-9-8-14(2)32-24/h3-11,13H,1,12H2,2H3,(H,29,33)(H2,26,30,31). The van der Waals surface area contributed by atoms with Crippen LogP contribution in [0.2, 0.25) is 0 Å². The van der Waals surface area contributed by atoms with E-state index in [1.165, 1.54) is 30.7 Å². The van der Waals surface area contributed by atoms with Crippen LogP contribution in [-0.4, -0.2) is 30.8 Å². The number of ether oxygens (including phenoxy) is 1. The summed E-state index contributed by atoms with van der Waals surface area (Å²) in [5.41, 5.74) is 9.54. The number of benzene rings is 1. The molecule has 4 rings (SSSR count). The van der Waals surface area contributed by atoms with Gasteiger partial charge in [-0.25, -0.2) is 24.3 Å². The summed E-state index contributed by atoms with van der Waals surface area (Å²) in [7, 11) is 0. The lowest BCUT2D eigenvalue weighted by Crippen LogP contribution is -2.20. The van der Waals surface area contributed by atoms with Crippen molar-refractivity contribution in [3.8, 4) is 34.1 Å². The molecule has 0 saturated carbocycles. The number of nitrogens with two attached hydrogens (primary N) is 1. The van der Waals surface area contributed by atoms with Gasteiger partial charge in [0.05, 0.1) is 23.5 Å². The van der Waals surface area contributed by atoms with E-state index in [0.717, 1.165) is 0 Å². The van der Waals surface area contributed by atoms with Crippen LogP contribution in [0.5, 0.6) is 11.8 Å². The molecule has 0 aliphatic heterocycles. The normalized spacial score (nSPS) is 10.5. The number of amides is 1. The Morgan fingerprint density at radius 1 is 1.15 bits per heavy atom. The molecule has 0 radical (unpaired) electrons. The van der Waals surface area contributed by atoms with Gasteiger partial charge in [-0.2, -0.15) is 0 Å². The molecule has 0 bridgehead atoms. The van der Waals surface area contributed by atoms with Gasteiger partial charge in [0.2, 0.25) is 5.91 Å². The molecule has 1 amide bonds. The van der Waals surface area contributed by atoms with E-state index in [9.17, 15) is 9.18 Å². The number of halogens is 1. The van der Waals surface area contributed by atoms with Gasteiger partial charge in [-0.05, 0) is 48.9 Å². The summed E-state index contributed by atoms with van der Waals surface area (Å²) in [5.74, 6) is -0.760. The number of rotatable bonds is 7. The monoisotopic (exact) mass is 457 g/mol. The van der Waals surface area contributed by atoms with Crippen LogP contribution in [-0.2, 0) is 11.3 Å². The molecule has 0 unspecified atom stereocenters. The number of nitrogens with zero attached hydrogens (tertiary/aromatic N) is 5. The molecule has 34 heavy (non-hydrogen) atoms. The van der Waals surface area contributed by atoms with Crippen molar-refractivity contribution in [2.24, 2.45) is 0 Å². The van der Waals surface area contributed by atoms with Crippen LogP contribution < -0.4 is 15.8 Å². The summed E-state index contributed by atoms with van der Waals surface area (Å²) in [5, 5.41) is 2.66. The summed E-state index contributed by atoms with van der Waals surface area (Å²) in [6, 6.07) is 9.71. The first-order valence-corrected chi connectivity index (χ1v) is 10.2. The first kappa shape index (κ1) is 22.5. The van der Waals surface area contributed by atoms with E-state index in [1.54, 1.807) is 37.4 Å². The maximum atomic E-state index is 14.9. The highest BCUT2D eigenvalue weighted by atomic mass is 19.1. The van der Waals surface area contributed by atoms with E-state index in [2.05, 4.69) is 36.8 Å². The zero-order chi connectivity index (χ0) is 24.1. The maximum Gasteiger partial charge on any atom is 0.322 e. The molecule has 1 aromatic carbocycles. The molecule has 9 nitrogen and oxygen atoms in total. The minimum Gasteiger partial charge on any atom is -0.421 e. The van der Waals surface area contributed by atoms with Crippen LogP contribution in [0, 0.1) is 12.7 Å². The third kappa shape index (κ3) is 5.01. The number of carbonyl (C=O) groups excluding carboxylic acids is 1. The van der Waals surface area contributed by atoms with E-state index < -0.39 is 5.82 Å². The number of nitrogens with one attached hydrogen (secondary N) is 1. The first-order valence-electron chi connectivity index (χ1n) is 10.2. The molecule has 3 heterocycles. The number of pyridine rings is 1. The van der Waals surface area contributed by atoms with Crippen molar-refractivity contribution in [2.45, 2.75) is 13.5 Å². The Kier molecular flexibility index (Phi) is 6.49. The summed E-state index contributed by atoms with van der Waals surface area (Å²) >= 11 is 0. The number of hydrogen-bond donors (Lipinski definition) is 2. The van der Waals surface area contributed by atoms with Crippen LogP contribution in [0.4, 0.5) is 10.2 Å². The van der Waals surface area contributed by atoms with Crippen LogP contribution in [0.1, 0.15) is 11.4 Å². The molecular weight excluding hydrogens is 437 g/mol. The number of anilines is 1. The highest BCUT2D eigenvalue weighted by Gasteiger charge is 2.17. The third-order valence-corrected chi connectivity index (χ3v) is 4.80. The quantitative estimate of drug-likeness (QED) is 0.403. The number of carbonyl (C=O) groups is 1. The van der Waals surface area contributed by atoms with Gasteiger partial charge >= 0.3 is 6.01 Å². The Hall–Kier alpha value is -4.73. The lowest BCUT2D eigenvalue weighted by Gasteiger charge is -2.13. The molecule has 10 heteroatoms. The minimum absolute atomic E-state index is 0.0288. The van der Waals surface area contributed by atoms with Gasteiger partial charge in [-0.3, -0.25) is 9.78 Å². The third-order valence-electron chi connectivity index (χ3n) is 4.80. The lowest BCUT2D eigenvalue weighted by atomic mass is 10.00. The molecule has 0 atom stereocenters. The second kappa shape index (κ2) is 9.82. The summed E-state index contributed by atoms with van der Waals surface area (Å²) in [4.78, 5) is 32.2. The molecule has 0 saturated heterocycles. The molecule has 170 valence electrons. The Morgan fingerprint density at radius 3 is 2.68 bits per heavy atom. The van der Waals surface area contributed by atoms with E-state index in [-0.39, 0.29) is 30.0 Å². The number of nitrogen functional groups attached to an aromatic ring is 1. The molecule has 0 aliphatic rings. The molecule has 4 aromatic rings. The van der Waals surface area contributed by atoms with Gasteiger partial charge in [0.15, 0.2) is 11.6 Å². The van der Waals surface area contributed by atoms with Crippen LogP contribution >= 0.6 is 0 Å². The average Bonchev–Trinajstić information content (AvgIpc) is 2.84. The molecule has 0 spiro atoms. The highest BCUT2D eigenvalue weighted by molar-refractivity contribution is 5.87. The van der Waals surface area contributed by atoms with Gasteiger partial charge in [-0.15, -0.1) is 0 Å². The molecule has 3 N–H and O–H groups in total. The van der Waals surface area contributed by atoms with Gasteiger partial charge in [-0.1, -0.05) is 12.6 Å². The SMILES string of the molecule is C=CC(=O)NCc1ccc(-c2ncnc(N)c2-c2ccc(Oc3nccc(C)n3)c(F)c2)cn1. The zero-order valence-corrected chi connectivity index (χ0v) is 18.2. The van der Waals surface area contributed by atoms with Crippen molar-refractivity contribution >= 4 is 11.7 Å². The Labute approximate surface area is 194 Å². The number of hydrogen-bond acceptors (Lipinski definition) is 8. The van der Waals surface area contributed by atoms with Crippen molar-refractivity contribution in [3.63, 3.8) is 0 Å². The predicted molar refractivity (Wildman–Crippen MR) is 124 cm³/mol. The van der Waals surface area contributed by atoms with E-state index in [0.29, 0.717) is 33.8 Å². The Balaban J connectivity index is 1.64. The lowest BCUT2D eigenvalue weighted by molar-refractivity contribution is -0.116. The Bertz CT molecular complexity index is 1360. The molecule has 0 aliphatic carbocycles. The summed E-state index contributed by atoms with van der Waals surface area (Å²) in [6.45, 7) is 5.45. The fraction of sp³-hybridized carbons (Fsp3) is 0.0833. The van der Waals surface area contributed by atoms with E-state index in [4.69, 9.17) is 10.5 Å². The highest BCUT2D eigenvalue weighted by Crippen LogP contribution is 2.36. The maximum absolute atomic E-state index is 14.9. The summed E-state index contributed by atoms with van der Waals surface area (Å²) < 4.78 is 20.4. The first-order chi connectivity index (χ1) is 16.4. The molecule has 0 fully saturated rings. The molecular formula is C24H20FN7O2. The van der Waals surface area contributed by atoms with Crippen molar-refractivity contribution in [1.29, 1.82) is 0 Å². The van der Waals surface area contributed by atoms with Gasteiger partial charge in [0.1, 0.15) is 12.1 Å². The van der Waals surface area contributed by atoms with Crippen molar-refractivity contribution in [3.05, 3.63) is 85.0 Å². The van der Waals surface area contributed by atoms with Gasteiger partial charge < -0.3 is 15.8 Å².